The maximum Gasteiger partial charge on any atom is 0.123 e. The summed E-state index contributed by atoms with van der Waals surface area (Å²) in [4.78, 5) is 0. The van der Waals surface area contributed by atoms with Gasteiger partial charge in [0.05, 0.1) is 0 Å². The summed E-state index contributed by atoms with van der Waals surface area (Å²) in [5, 5.41) is 3.39. The van der Waals surface area contributed by atoms with Crippen molar-refractivity contribution >= 4 is 15.9 Å². The van der Waals surface area contributed by atoms with Crippen molar-refractivity contribution in [1.29, 1.82) is 0 Å². The summed E-state index contributed by atoms with van der Waals surface area (Å²) >= 11 is 3.43. The lowest BCUT2D eigenvalue weighted by molar-refractivity contribution is 0.0662. The third-order valence-corrected chi connectivity index (χ3v) is 3.87. The highest BCUT2D eigenvalue weighted by Crippen LogP contribution is 2.18. The highest BCUT2D eigenvalue weighted by Gasteiger charge is 2.13. The van der Waals surface area contributed by atoms with Gasteiger partial charge in [0.2, 0.25) is 0 Å². The van der Waals surface area contributed by atoms with Crippen LogP contribution in [-0.4, -0.2) is 19.8 Å². The molecule has 0 radical (unpaired) electrons. The monoisotopic (exact) mass is 301 g/mol. The van der Waals surface area contributed by atoms with Crippen LogP contribution in [0.15, 0.2) is 22.7 Å². The molecule has 0 aliphatic carbocycles. The lowest BCUT2D eigenvalue weighted by atomic mass is 10.0. The van der Waals surface area contributed by atoms with E-state index in [1.165, 1.54) is 6.07 Å². The second-order valence-corrected chi connectivity index (χ2v) is 5.28. The van der Waals surface area contributed by atoms with Gasteiger partial charge in [-0.05, 0) is 49.1 Å². The minimum absolute atomic E-state index is 0.184. The van der Waals surface area contributed by atoms with Gasteiger partial charge >= 0.3 is 0 Å². The molecule has 17 heavy (non-hydrogen) atoms. The Hall–Kier alpha value is -0.450. The van der Waals surface area contributed by atoms with Crippen molar-refractivity contribution in [3.8, 4) is 0 Å². The molecular formula is C13H17BrFNO. The normalized spacial score (nSPS) is 17.3. The number of hydrogen-bond acceptors (Lipinski definition) is 2. The summed E-state index contributed by atoms with van der Waals surface area (Å²) in [6.07, 6.45) is 2.24. The summed E-state index contributed by atoms with van der Waals surface area (Å²) in [7, 11) is 0. The van der Waals surface area contributed by atoms with Gasteiger partial charge in [0, 0.05) is 24.2 Å². The van der Waals surface area contributed by atoms with Crippen LogP contribution in [0, 0.1) is 11.7 Å². The van der Waals surface area contributed by atoms with E-state index in [-0.39, 0.29) is 5.82 Å². The van der Waals surface area contributed by atoms with Gasteiger partial charge in [0.25, 0.3) is 0 Å². The summed E-state index contributed by atoms with van der Waals surface area (Å²) in [6.45, 7) is 3.42. The molecular weight excluding hydrogens is 285 g/mol. The quantitative estimate of drug-likeness (QED) is 0.923. The van der Waals surface area contributed by atoms with Crippen LogP contribution in [0.4, 0.5) is 4.39 Å². The Morgan fingerprint density at radius 2 is 2.12 bits per heavy atom. The average Bonchev–Trinajstić information content (AvgIpc) is 2.35. The van der Waals surface area contributed by atoms with Crippen LogP contribution in [0.3, 0.4) is 0 Å². The minimum atomic E-state index is -0.184. The molecule has 1 fully saturated rings. The van der Waals surface area contributed by atoms with E-state index in [1.807, 2.05) is 0 Å². The first-order chi connectivity index (χ1) is 8.25. The van der Waals surface area contributed by atoms with E-state index in [9.17, 15) is 4.39 Å². The number of hydrogen-bond donors (Lipinski definition) is 1. The average molecular weight is 302 g/mol. The molecule has 1 aliphatic rings. The highest BCUT2D eigenvalue weighted by molar-refractivity contribution is 9.10. The molecule has 0 unspecified atom stereocenters. The fourth-order valence-corrected chi connectivity index (χ4v) is 2.43. The van der Waals surface area contributed by atoms with Gasteiger partial charge in [-0.3, -0.25) is 0 Å². The Labute approximate surface area is 110 Å². The van der Waals surface area contributed by atoms with Crippen molar-refractivity contribution in [3.05, 3.63) is 34.1 Å². The van der Waals surface area contributed by atoms with Crippen LogP contribution < -0.4 is 5.32 Å². The highest BCUT2D eigenvalue weighted by atomic mass is 79.9. The van der Waals surface area contributed by atoms with Gasteiger partial charge in [-0.15, -0.1) is 0 Å². The van der Waals surface area contributed by atoms with Crippen molar-refractivity contribution < 1.29 is 9.13 Å². The first-order valence-electron chi connectivity index (χ1n) is 5.98. The Balaban J connectivity index is 1.79. The summed E-state index contributed by atoms with van der Waals surface area (Å²) in [6, 6.07) is 4.79. The summed E-state index contributed by atoms with van der Waals surface area (Å²) < 4.78 is 19.3. The predicted molar refractivity (Wildman–Crippen MR) is 69.3 cm³/mol. The molecule has 0 saturated carbocycles. The Bertz CT molecular complexity index is 366. The molecule has 0 aromatic heterocycles. The van der Waals surface area contributed by atoms with Gasteiger partial charge < -0.3 is 10.1 Å². The third kappa shape index (κ3) is 4.05. The van der Waals surface area contributed by atoms with Crippen LogP contribution in [0.5, 0.6) is 0 Å². The van der Waals surface area contributed by atoms with Crippen LogP contribution in [0.2, 0.25) is 0 Å². The second kappa shape index (κ2) is 6.47. The first kappa shape index (κ1) is 13.0. The Morgan fingerprint density at radius 3 is 2.88 bits per heavy atom. The third-order valence-electron chi connectivity index (χ3n) is 3.10. The molecule has 0 amide bonds. The molecule has 1 aromatic rings. The van der Waals surface area contributed by atoms with E-state index in [4.69, 9.17) is 4.74 Å². The molecule has 2 rings (SSSR count). The molecule has 2 nitrogen and oxygen atoms in total. The maximum absolute atomic E-state index is 13.1. The Kier molecular flexibility index (Phi) is 4.95. The van der Waals surface area contributed by atoms with Gasteiger partial charge in [-0.2, -0.15) is 0 Å². The molecule has 1 heterocycles. The van der Waals surface area contributed by atoms with Crippen LogP contribution in [-0.2, 0) is 11.3 Å². The van der Waals surface area contributed by atoms with E-state index in [0.29, 0.717) is 12.5 Å². The zero-order chi connectivity index (χ0) is 12.1. The SMILES string of the molecule is Fc1ccc(Br)c(CNCC2CCOCC2)c1. The maximum atomic E-state index is 13.1. The minimum Gasteiger partial charge on any atom is -0.381 e. The van der Waals surface area contributed by atoms with Crippen molar-refractivity contribution in [2.45, 2.75) is 19.4 Å². The lowest BCUT2D eigenvalue weighted by Crippen LogP contribution is -2.27. The van der Waals surface area contributed by atoms with E-state index in [0.717, 1.165) is 42.6 Å². The molecule has 1 N–H and O–H groups in total. The first-order valence-corrected chi connectivity index (χ1v) is 6.77. The molecule has 0 atom stereocenters. The zero-order valence-corrected chi connectivity index (χ0v) is 11.3. The molecule has 0 bridgehead atoms. The molecule has 4 heteroatoms. The number of ether oxygens (including phenoxy) is 1. The molecule has 94 valence electrons. The molecule has 1 aromatic carbocycles. The summed E-state index contributed by atoms with van der Waals surface area (Å²) in [5.74, 6) is 0.507. The van der Waals surface area contributed by atoms with E-state index in [2.05, 4.69) is 21.2 Å². The van der Waals surface area contributed by atoms with Crippen molar-refractivity contribution in [3.63, 3.8) is 0 Å². The molecule has 1 saturated heterocycles. The fourth-order valence-electron chi connectivity index (χ4n) is 2.04. The molecule has 1 aliphatic heterocycles. The number of benzene rings is 1. The Morgan fingerprint density at radius 1 is 1.35 bits per heavy atom. The standard InChI is InChI=1S/C13H17BrFNO/c14-13-2-1-12(15)7-11(13)9-16-8-10-3-5-17-6-4-10/h1-2,7,10,16H,3-6,8-9H2. The van der Waals surface area contributed by atoms with Gasteiger partial charge in [-0.25, -0.2) is 4.39 Å². The topological polar surface area (TPSA) is 21.3 Å². The zero-order valence-electron chi connectivity index (χ0n) is 9.72. The molecule has 0 spiro atoms. The lowest BCUT2D eigenvalue weighted by Gasteiger charge is -2.22. The summed E-state index contributed by atoms with van der Waals surface area (Å²) in [5.41, 5.74) is 0.969. The smallest absolute Gasteiger partial charge is 0.123 e. The fraction of sp³-hybridized carbons (Fsp3) is 0.538. The van der Waals surface area contributed by atoms with E-state index < -0.39 is 0 Å². The largest absolute Gasteiger partial charge is 0.381 e. The van der Waals surface area contributed by atoms with Crippen molar-refractivity contribution in [2.24, 2.45) is 5.92 Å². The van der Waals surface area contributed by atoms with Gasteiger partial charge in [0.15, 0.2) is 0 Å². The van der Waals surface area contributed by atoms with Crippen LogP contribution in [0.1, 0.15) is 18.4 Å². The van der Waals surface area contributed by atoms with Crippen LogP contribution >= 0.6 is 15.9 Å². The van der Waals surface area contributed by atoms with Gasteiger partial charge in [-0.1, -0.05) is 15.9 Å². The predicted octanol–water partition coefficient (Wildman–Crippen LogP) is 3.10. The second-order valence-electron chi connectivity index (χ2n) is 4.42. The van der Waals surface area contributed by atoms with Crippen LogP contribution in [0.25, 0.3) is 0 Å². The van der Waals surface area contributed by atoms with E-state index >= 15 is 0 Å². The van der Waals surface area contributed by atoms with Crippen molar-refractivity contribution in [2.75, 3.05) is 19.8 Å². The number of halogens is 2. The van der Waals surface area contributed by atoms with Gasteiger partial charge in [0.1, 0.15) is 5.82 Å². The number of rotatable bonds is 4. The van der Waals surface area contributed by atoms with E-state index in [1.54, 1.807) is 12.1 Å². The van der Waals surface area contributed by atoms with Crippen molar-refractivity contribution in [1.82, 2.24) is 5.32 Å². The number of nitrogens with one attached hydrogen (secondary N) is 1.